The number of benzene rings is 1. The summed E-state index contributed by atoms with van der Waals surface area (Å²) < 4.78 is 22.2. The molecule has 0 heterocycles. The highest BCUT2D eigenvalue weighted by Crippen LogP contribution is 2.16. The van der Waals surface area contributed by atoms with Crippen LogP contribution in [0.2, 0.25) is 0 Å². The molecule has 0 unspecified atom stereocenters. The van der Waals surface area contributed by atoms with E-state index in [0.717, 1.165) is 25.2 Å². The second-order valence-corrected chi connectivity index (χ2v) is 5.48. The lowest BCUT2D eigenvalue weighted by Crippen LogP contribution is -2.22. The second kappa shape index (κ2) is 6.00. The quantitative estimate of drug-likeness (QED) is 0.722. The van der Waals surface area contributed by atoms with Crippen molar-refractivity contribution in [3.05, 3.63) is 24.3 Å². The van der Waals surface area contributed by atoms with E-state index in [9.17, 15) is 8.42 Å². The van der Waals surface area contributed by atoms with Crippen molar-refractivity contribution in [2.45, 2.75) is 11.3 Å². The van der Waals surface area contributed by atoms with Crippen LogP contribution in [0.3, 0.4) is 0 Å². The molecule has 0 saturated heterocycles. The van der Waals surface area contributed by atoms with Gasteiger partial charge in [-0.25, -0.2) is 13.6 Å². The zero-order valence-electron chi connectivity index (χ0n) is 10.2. The molecule has 1 aromatic carbocycles. The number of nitrogens with two attached hydrogens (primary N) is 1. The van der Waals surface area contributed by atoms with Crippen molar-refractivity contribution in [2.24, 2.45) is 5.14 Å². The second-order valence-electron chi connectivity index (χ2n) is 3.92. The first-order valence-electron chi connectivity index (χ1n) is 5.44. The van der Waals surface area contributed by atoms with Gasteiger partial charge < -0.3 is 10.2 Å². The third-order valence-electron chi connectivity index (χ3n) is 2.53. The van der Waals surface area contributed by atoms with Crippen LogP contribution >= 0.6 is 0 Å². The summed E-state index contributed by atoms with van der Waals surface area (Å²) in [6, 6.07) is 6.58. The van der Waals surface area contributed by atoms with Crippen LogP contribution in [-0.2, 0) is 10.0 Å². The van der Waals surface area contributed by atoms with Crippen LogP contribution in [0.15, 0.2) is 29.2 Å². The van der Waals surface area contributed by atoms with Crippen molar-refractivity contribution >= 4 is 15.7 Å². The molecule has 0 saturated carbocycles. The van der Waals surface area contributed by atoms with Gasteiger partial charge in [-0.3, -0.25) is 0 Å². The van der Waals surface area contributed by atoms with Crippen LogP contribution in [0, 0.1) is 0 Å². The van der Waals surface area contributed by atoms with Crippen LogP contribution in [0.4, 0.5) is 5.69 Å². The van der Waals surface area contributed by atoms with E-state index < -0.39 is 10.0 Å². The van der Waals surface area contributed by atoms with E-state index >= 15 is 0 Å². The summed E-state index contributed by atoms with van der Waals surface area (Å²) in [6.07, 6.45) is 1.03. The SMILES string of the molecule is CNCCCN(C)c1ccc(S(N)(=O)=O)cc1. The topological polar surface area (TPSA) is 75.4 Å². The number of rotatable bonds is 6. The minimum atomic E-state index is -3.59. The van der Waals surface area contributed by atoms with Crippen molar-refractivity contribution in [1.29, 1.82) is 0 Å². The smallest absolute Gasteiger partial charge is 0.238 e. The molecule has 3 N–H and O–H groups in total. The highest BCUT2D eigenvalue weighted by atomic mass is 32.2. The van der Waals surface area contributed by atoms with E-state index in [1.807, 2.05) is 14.1 Å². The Morgan fingerprint density at radius 3 is 2.35 bits per heavy atom. The van der Waals surface area contributed by atoms with E-state index in [-0.39, 0.29) is 4.90 Å². The fraction of sp³-hybridized carbons (Fsp3) is 0.455. The molecule has 0 fully saturated rings. The summed E-state index contributed by atoms with van der Waals surface area (Å²) in [4.78, 5) is 2.22. The van der Waals surface area contributed by atoms with Crippen LogP contribution in [0.5, 0.6) is 0 Å². The molecule has 5 nitrogen and oxygen atoms in total. The lowest BCUT2D eigenvalue weighted by molar-refractivity contribution is 0.598. The largest absolute Gasteiger partial charge is 0.375 e. The van der Waals surface area contributed by atoms with Gasteiger partial charge in [0.1, 0.15) is 0 Å². The minimum absolute atomic E-state index is 0.143. The van der Waals surface area contributed by atoms with Gasteiger partial charge in [0.25, 0.3) is 0 Å². The van der Waals surface area contributed by atoms with Crippen molar-refractivity contribution in [2.75, 3.05) is 32.1 Å². The zero-order chi connectivity index (χ0) is 12.9. The lowest BCUT2D eigenvalue weighted by Gasteiger charge is -2.19. The summed E-state index contributed by atoms with van der Waals surface area (Å²) in [5.41, 5.74) is 0.980. The molecular formula is C11H19N3O2S. The maximum absolute atomic E-state index is 11.1. The molecule has 0 bridgehead atoms. The molecule has 0 aliphatic heterocycles. The van der Waals surface area contributed by atoms with Crippen molar-refractivity contribution in [1.82, 2.24) is 5.32 Å². The number of hydrogen-bond acceptors (Lipinski definition) is 4. The molecular weight excluding hydrogens is 238 g/mol. The Labute approximate surface area is 103 Å². The van der Waals surface area contributed by atoms with Gasteiger partial charge in [-0.1, -0.05) is 0 Å². The Hall–Kier alpha value is -1.11. The van der Waals surface area contributed by atoms with Crippen LogP contribution in [-0.4, -0.2) is 35.6 Å². The molecule has 96 valence electrons. The van der Waals surface area contributed by atoms with E-state index in [1.54, 1.807) is 12.1 Å². The first-order valence-corrected chi connectivity index (χ1v) is 6.98. The maximum atomic E-state index is 11.1. The molecule has 0 amide bonds. The standard InChI is InChI=1S/C11H19N3O2S/c1-13-8-3-9-14(2)10-4-6-11(7-5-10)17(12,15)16/h4-7,13H,3,8-9H2,1-2H3,(H2,12,15,16). The first kappa shape index (κ1) is 14.0. The van der Waals surface area contributed by atoms with Gasteiger partial charge in [-0.05, 0) is 44.3 Å². The lowest BCUT2D eigenvalue weighted by atomic mass is 10.3. The molecule has 0 aliphatic carbocycles. The summed E-state index contributed by atoms with van der Waals surface area (Å²) in [5, 5.41) is 8.11. The van der Waals surface area contributed by atoms with Crippen molar-refractivity contribution in [3.8, 4) is 0 Å². The fourth-order valence-electron chi connectivity index (χ4n) is 1.51. The zero-order valence-corrected chi connectivity index (χ0v) is 11.0. The van der Waals surface area contributed by atoms with Crippen LogP contribution in [0.1, 0.15) is 6.42 Å². The molecule has 0 aliphatic rings. The number of primary sulfonamides is 1. The van der Waals surface area contributed by atoms with E-state index in [4.69, 9.17) is 5.14 Å². The number of nitrogens with zero attached hydrogens (tertiary/aromatic N) is 1. The third-order valence-corrected chi connectivity index (χ3v) is 3.46. The van der Waals surface area contributed by atoms with Gasteiger partial charge in [-0.15, -0.1) is 0 Å². The minimum Gasteiger partial charge on any atom is -0.375 e. The summed E-state index contributed by atoms with van der Waals surface area (Å²) in [6.45, 7) is 1.87. The number of hydrogen-bond donors (Lipinski definition) is 2. The predicted octanol–water partition coefficient (Wildman–Crippen LogP) is 0.380. The number of nitrogens with one attached hydrogen (secondary N) is 1. The first-order chi connectivity index (χ1) is 7.95. The molecule has 1 aromatic rings. The molecule has 6 heteroatoms. The Bertz CT molecular complexity index is 442. The summed E-state index contributed by atoms with van der Waals surface area (Å²) in [5.74, 6) is 0. The fourth-order valence-corrected chi connectivity index (χ4v) is 2.03. The van der Waals surface area contributed by atoms with E-state index in [2.05, 4.69) is 10.2 Å². The normalized spacial score (nSPS) is 11.5. The monoisotopic (exact) mass is 257 g/mol. The van der Waals surface area contributed by atoms with E-state index in [1.165, 1.54) is 12.1 Å². The Morgan fingerprint density at radius 2 is 1.88 bits per heavy atom. The number of sulfonamides is 1. The molecule has 0 atom stereocenters. The van der Waals surface area contributed by atoms with Crippen molar-refractivity contribution in [3.63, 3.8) is 0 Å². The van der Waals surface area contributed by atoms with Crippen molar-refractivity contribution < 1.29 is 8.42 Å². The highest BCUT2D eigenvalue weighted by molar-refractivity contribution is 7.89. The maximum Gasteiger partial charge on any atom is 0.238 e. The van der Waals surface area contributed by atoms with E-state index in [0.29, 0.717) is 0 Å². The Morgan fingerprint density at radius 1 is 1.29 bits per heavy atom. The highest BCUT2D eigenvalue weighted by Gasteiger charge is 2.07. The molecule has 0 radical (unpaired) electrons. The van der Waals surface area contributed by atoms with Gasteiger partial charge >= 0.3 is 0 Å². The molecule has 0 spiro atoms. The molecule has 0 aromatic heterocycles. The van der Waals surface area contributed by atoms with Gasteiger partial charge in [0.2, 0.25) is 10.0 Å². The average Bonchev–Trinajstić information content (AvgIpc) is 2.28. The van der Waals surface area contributed by atoms with Crippen LogP contribution in [0.25, 0.3) is 0 Å². The Balaban J connectivity index is 2.67. The Kier molecular flexibility index (Phi) is 4.92. The van der Waals surface area contributed by atoms with Gasteiger partial charge in [0.05, 0.1) is 4.90 Å². The summed E-state index contributed by atoms with van der Waals surface area (Å²) >= 11 is 0. The summed E-state index contributed by atoms with van der Waals surface area (Å²) in [7, 11) is 0.297. The third kappa shape index (κ3) is 4.33. The number of anilines is 1. The average molecular weight is 257 g/mol. The molecule has 17 heavy (non-hydrogen) atoms. The molecule has 1 rings (SSSR count). The van der Waals surface area contributed by atoms with Gasteiger partial charge in [0, 0.05) is 19.3 Å². The van der Waals surface area contributed by atoms with Gasteiger partial charge in [-0.2, -0.15) is 0 Å². The van der Waals surface area contributed by atoms with Gasteiger partial charge in [0.15, 0.2) is 0 Å². The predicted molar refractivity (Wildman–Crippen MR) is 69.6 cm³/mol. The van der Waals surface area contributed by atoms with Crippen LogP contribution < -0.4 is 15.4 Å².